The Kier molecular flexibility index (Phi) is 8.43. The lowest BCUT2D eigenvalue weighted by molar-refractivity contribution is -0.683. The minimum atomic E-state index is -0.390. The van der Waals surface area contributed by atoms with Gasteiger partial charge < -0.3 is 27.0 Å². The van der Waals surface area contributed by atoms with Gasteiger partial charge >= 0.3 is 5.97 Å². The Morgan fingerprint density at radius 2 is 1.47 bits per heavy atom. The highest BCUT2D eigenvalue weighted by Gasteiger charge is 2.14. The van der Waals surface area contributed by atoms with Gasteiger partial charge in [-0.3, -0.25) is 9.59 Å². The number of rotatable bonds is 7. The van der Waals surface area contributed by atoms with Gasteiger partial charge in [0.2, 0.25) is 12.3 Å². The number of nitrogens with zero attached hydrogens (tertiary/aromatic N) is 1. The number of nitrogens with one attached hydrogen (secondary N) is 1. The number of benzene rings is 2. The number of Topliss-reactive ketones (excluding diaryl/α,β-unsaturated/α-hetero) is 1. The van der Waals surface area contributed by atoms with E-state index in [2.05, 4.69) is 5.32 Å². The summed E-state index contributed by atoms with van der Waals surface area (Å²) in [6, 6.07) is 18.9. The molecule has 0 bridgehead atoms. The highest BCUT2D eigenvalue weighted by atomic mass is 79.9. The molecule has 0 spiro atoms. The Labute approximate surface area is 185 Å². The predicted octanol–water partition coefficient (Wildman–Crippen LogP) is 0.290. The monoisotopic (exact) mass is 468 g/mol. The summed E-state index contributed by atoms with van der Waals surface area (Å²) in [6.45, 7) is 2.20. The van der Waals surface area contributed by atoms with Gasteiger partial charge in [0.25, 0.3) is 5.91 Å². The Bertz CT molecular complexity index is 1000. The maximum Gasteiger partial charge on any atom is 0.338 e. The van der Waals surface area contributed by atoms with Gasteiger partial charge in [0.15, 0.2) is 12.4 Å². The van der Waals surface area contributed by atoms with Gasteiger partial charge in [-0.05, 0) is 43.3 Å². The molecular weight excluding hydrogens is 448 g/mol. The highest BCUT2D eigenvalue weighted by Crippen LogP contribution is 2.12. The van der Waals surface area contributed by atoms with Gasteiger partial charge in [0.1, 0.15) is 0 Å². The summed E-state index contributed by atoms with van der Waals surface area (Å²) < 4.78 is 6.63. The van der Waals surface area contributed by atoms with Gasteiger partial charge in [-0.15, -0.1) is 0 Å². The van der Waals surface area contributed by atoms with Crippen LogP contribution in [0, 0.1) is 0 Å². The summed E-state index contributed by atoms with van der Waals surface area (Å²) >= 11 is 0. The zero-order chi connectivity index (χ0) is 20.6. The second-order valence-electron chi connectivity index (χ2n) is 6.30. The van der Waals surface area contributed by atoms with Crippen LogP contribution in [-0.4, -0.2) is 24.3 Å². The number of ketones is 1. The number of ether oxygens (including phenoxy) is 1. The van der Waals surface area contributed by atoms with Crippen LogP contribution in [0.4, 0.5) is 5.69 Å². The predicted molar refractivity (Wildman–Crippen MR) is 108 cm³/mol. The molecule has 30 heavy (non-hydrogen) atoms. The molecule has 0 saturated heterocycles. The van der Waals surface area contributed by atoms with Crippen molar-refractivity contribution in [3.63, 3.8) is 0 Å². The third-order valence-electron chi connectivity index (χ3n) is 4.23. The quantitative estimate of drug-likeness (QED) is 0.307. The number of anilines is 1. The van der Waals surface area contributed by atoms with Crippen LogP contribution in [0.5, 0.6) is 0 Å². The first-order valence-corrected chi connectivity index (χ1v) is 9.22. The first-order valence-electron chi connectivity index (χ1n) is 9.22. The maximum atomic E-state index is 12.5. The van der Waals surface area contributed by atoms with E-state index in [1.807, 2.05) is 6.07 Å². The van der Waals surface area contributed by atoms with Crippen LogP contribution >= 0.6 is 0 Å². The standard InChI is InChI=1S/C23H20N2O4.BrH/c1-2-29-23(28)19-12-14-25(15-13-19)16-21(26)17-8-10-20(11-9-17)24-22(27)18-6-4-3-5-7-18;/h3-15H,2,16H2,1H3;1H. The van der Waals surface area contributed by atoms with E-state index < -0.39 is 0 Å². The maximum absolute atomic E-state index is 12.5. The minimum Gasteiger partial charge on any atom is -1.00 e. The summed E-state index contributed by atoms with van der Waals surface area (Å²) in [5.41, 5.74) is 2.15. The van der Waals surface area contributed by atoms with Crippen LogP contribution in [0.25, 0.3) is 0 Å². The van der Waals surface area contributed by atoms with Crippen molar-refractivity contribution in [3.8, 4) is 0 Å². The number of carbonyl (C=O) groups is 3. The van der Waals surface area contributed by atoms with Crippen molar-refractivity contribution in [2.45, 2.75) is 13.5 Å². The summed E-state index contributed by atoms with van der Waals surface area (Å²) in [5, 5.41) is 2.80. The second-order valence-corrected chi connectivity index (χ2v) is 6.30. The molecule has 1 heterocycles. The Morgan fingerprint density at radius 1 is 0.833 bits per heavy atom. The molecule has 0 radical (unpaired) electrons. The molecule has 0 aliphatic carbocycles. The lowest BCUT2D eigenvalue weighted by atomic mass is 10.1. The van der Waals surface area contributed by atoms with Crippen LogP contribution in [0.2, 0.25) is 0 Å². The molecule has 0 fully saturated rings. The van der Waals surface area contributed by atoms with Gasteiger partial charge in [-0.1, -0.05) is 18.2 Å². The van der Waals surface area contributed by atoms with Crippen molar-refractivity contribution < 1.29 is 40.7 Å². The van der Waals surface area contributed by atoms with E-state index in [0.29, 0.717) is 29.0 Å². The molecule has 0 saturated carbocycles. The summed E-state index contributed by atoms with van der Waals surface area (Å²) in [5.74, 6) is -0.680. The van der Waals surface area contributed by atoms with E-state index in [1.165, 1.54) is 0 Å². The molecular formula is C23H21BrN2O4. The van der Waals surface area contributed by atoms with E-state index in [-0.39, 0.29) is 41.2 Å². The summed E-state index contributed by atoms with van der Waals surface area (Å²) in [7, 11) is 0. The van der Waals surface area contributed by atoms with Crippen molar-refractivity contribution in [2.24, 2.45) is 0 Å². The number of hydrogen-bond acceptors (Lipinski definition) is 4. The number of carbonyl (C=O) groups excluding carboxylic acids is 3. The fourth-order valence-electron chi connectivity index (χ4n) is 2.70. The lowest BCUT2D eigenvalue weighted by Crippen LogP contribution is -3.00. The van der Waals surface area contributed by atoms with Crippen LogP contribution < -0.4 is 26.9 Å². The van der Waals surface area contributed by atoms with Crippen LogP contribution in [0.1, 0.15) is 38.0 Å². The van der Waals surface area contributed by atoms with Crippen LogP contribution in [-0.2, 0) is 11.3 Å². The van der Waals surface area contributed by atoms with Crippen LogP contribution in [0.15, 0.2) is 79.1 Å². The number of amides is 1. The third kappa shape index (κ3) is 6.09. The molecule has 1 aromatic heterocycles. The van der Waals surface area contributed by atoms with Crippen molar-refractivity contribution in [3.05, 3.63) is 95.8 Å². The summed E-state index contributed by atoms with van der Waals surface area (Å²) in [6.07, 6.45) is 3.33. The van der Waals surface area contributed by atoms with Crippen molar-refractivity contribution in [2.75, 3.05) is 11.9 Å². The van der Waals surface area contributed by atoms with Crippen molar-refractivity contribution in [1.82, 2.24) is 0 Å². The van der Waals surface area contributed by atoms with E-state index in [0.717, 1.165) is 0 Å². The van der Waals surface area contributed by atoms with E-state index in [4.69, 9.17) is 4.74 Å². The second kappa shape index (κ2) is 11.0. The Balaban J connectivity index is 0.00000320. The van der Waals surface area contributed by atoms with Crippen molar-refractivity contribution in [1.29, 1.82) is 0 Å². The van der Waals surface area contributed by atoms with Crippen LogP contribution in [0.3, 0.4) is 0 Å². The molecule has 6 nitrogen and oxygen atoms in total. The molecule has 3 aromatic rings. The zero-order valence-corrected chi connectivity index (χ0v) is 18.0. The van der Waals surface area contributed by atoms with Crippen molar-refractivity contribution >= 4 is 23.3 Å². The molecule has 1 N–H and O–H groups in total. The van der Waals surface area contributed by atoms with Gasteiger partial charge in [-0.2, -0.15) is 4.57 Å². The Hall–Kier alpha value is -3.32. The number of esters is 1. The third-order valence-corrected chi connectivity index (χ3v) is 4.23. The average molecular weight is 469 g/mol. The largest absolute Gasteiger partial charge is 1.00 e. The van der Waals surface area contributed by atoms with Gasteiger partial charge in [0.05, 0.1) is 12.2 Å². The highest BCUT2D eigenvalue weighted by molar-refractivity contribution is 6.04. The van der Waals surface area contributed by atoms with E-state index >= 15 is 0 Å². The van der Waals surface area contributed by atoms with E-state index in [9.17, 15) is 14.4 Å². The molecule has 7 heteroatoms. The normalized spacial score (nSPS) is 9.90. The molecule has 1 amide bonds. The number of halogens is 1. The number of hydrogen-bond donors (Lipinski definition) is 1. The summed E-state index contributed by atoms with van der Waals surface area (Å²) in [4.78, 5) is 36.3. The molecule has 0 unspecified atom stereocenters. The molecule has 154 valence electrons. The molecule has 0 atom stereocenters. The Morgan fingerprint density at radius 3 is 2.07 bits per heavy atom. The number of aromatic nitrogens is 1. The zero-order valence-electron chi connectivity index (χ0n) is 16.4. The number of pyridine rings is 1. The van der Waals surface area contributed by atoms with Gasteiger partial charge in [0, 0.05) is 28.9 Å². The minimum absolute atomic E-state index is 0. The molecule has 2 aromatic carbocycles. The first kappa shape index (κ1) is 23.0. The fourth-order valence-corrected chi connectivity index (χ4v) is 2.70. The lowest BCUT2D eigenvalue weighted by Gasteiger charge is -2.06. The SMILES string of the molecule is CCOC(=O)c1cc[n+](CC(=O)c2ccc(NC(=O)c3ccccc3)cc2)cc1.[Br-]. The average Bonchev–Trinajstić information content (AvgIpc) is 2.75. The fraction of sp³-hybridized carbons (Fsp3) is 0.130. The van der Waals surface area contributed by atoms with E-state index in [1.54, 1.807) is 84.5 Å². The first-order chi connectivity index (χ1) is 14.1. The molecule has 3 rings (SSSR count). The topological polar surface area (TPSA) is 76.3 Å². The smallest absolute Gasteiger partial charge is 0.338 e. The molecule has 0 aliphatic rings. The molecule has 0 aliphatic heterocycles. The van der Waals surface area contributed by atoms with Gasteiger partial charge in [-0.25, -0.2) is 4.79 Å².